The second-order valence-electron chi connectivity index (χ2n) is 9.22. The van der Waals surface area contributed by atoms with E-state index in [1.165, 1.54) is 30.7 Å². The minimum absolute atomic E-state index is 0.0596. The highest BCUT2D eigenvalue weighted by atomic mass is 19.4. The molecular formula is C29H35F4N3. The van der Waals surface area contributed by atoms with Gasteiger partial charge in [-0.25, -0.2) is 4.39 Å². The molecule has 0 atom stereocenters. The molecule has 36 heavy (non-hydrogen) atoms. The predicted molar refractivity (Wildman–Crippen MR) is 139 cm³/mol. The van der Waals surface area contributed by atoms with Gasteiger partial charge in [-0.2, -0.15) is 13.2 Å². The smallest absolute Gasteiger partial charge is 0.402 e. The molecule has 0 saturated heterocycles. The molecule has 3 nitrogen and oxygen atoms in total. The highest BCUT2D eigenvalue weighted by Gasteiger charge is 2.32. The molecule has 1 aliphatic rings. The lowest BCUT2D eigenvalue weighted by atomic mass is 9.86. The lowest BCUT2D eigenvalue weighted by Crippen LogP contribution is -2.18. The van der Waals surface area contributed by atoms with Crippen molar-refractivity contribution in [1.29, 1.82) is 0 Å². The van der Waals surface area contributed by atoms with Gasteiger partial charge in [-0.3, -0.25) is 0 Å². The van der Waals surface area contributed by atoms with E-state index in [0.29, 0.717) is 34.9 Å². The first-order chi connectivity index (χ1) is 17.2. The molecule has 194 valence electrons. The van der Waals surface area contributed by atoms with Crippen LogP contribution in [0.15, 0.2) is 72.6 Å². The molecule has 2 aromatic carbocycles. The maximum Gasteiger partial charge on any atom is 0.416 e. The fourth-order valence-corrected chi connectivity index (χ4v) is 4.50. The normalized spacial score (nSPS) is 15.6. The monoisotopic (exact) mass is 501 g/mol. The summed E-state index contributed by atoms with van der Waals surface area (Å²) >= 11 is 0. The van der Waals surface area contributed by atoms with E-state index in [1.807, 2.05) is 6.92 Å². The summed E-state index contributed by atoms with van der Waals surface area (Å²) < 4.78 is 54.4. The molecule has 0 aliphatic heterocycles. The minimum Gasteiger partial charge on any atom is -0.402 e. The Labute approximate surface area is 211 Å². The largest absolute Gasteiger partial charge is 0.416 e. The molecule has 0 amide bonds. The van der Waals surface area contributed by atoms with Crippen LogP contribution in [0, 0.1) is 11.7 Å². The van der Waals surface area contributed by atoms with Crippen LogP contribution in [0.25, 0.3) is 5.70 Å². The van der Waals surface area contributed by atoms with Crippen molar-refractivity contribution in [2.75, 3.05) is 11.9 Å². The molecule has 2 aromatic rings. The molecule has 0 bridgehead atoms. The van der Waals surface area contributed by atoms with Crippen molar-refractivity contribution in [3.05, 3.63) is 95.1 Å². The quantitative estimate of drug-likeness (QED) is 0.230. The molecule has 4 N–H and O–H groups in total. The van der Waals surface area contributed by atoms with Crippen molar-refractivity contribution < 1.29 is 17.6 Å². The Balaban J connectivity index is 1.92. The van der Waals surface area contributed by atoms with Crippen LogP contribution in [0.5, 0.6) is 0 Å². The lowest BCUT2D eigenvalue weighted by molar-refractivity contribution is -0.138. The number of halogens is 4. The number of nitrogens with one attached hydrogen (secondary N) is 2. The Morgan fingerprint density at radius 2 is 1.83 bits per heavy atom. The van der Waals surface area contributed by atoms with Crippen molar-refractivity contribution in [1.82, 2.24) is 5.32 Å². The summed E-state index contributed by atoms with van der Waals surface area (Å²) in [5, 5.41) is 6.44. The number of anilines is 1. The highest BCUT2D eigenvalue weighted by Crippen LogP contribution is 2.33. The molecule has 1 fully saturated rings. The van der Waals surface area contributed by atoms with Crippen LogP contribution < -0.4 is 16.4 Å². The van der Waals surface area contributed by atoms with Gasteiger partial charge in [-0.15, -0.1) is 0 Å². The molecule has 0 heterocycles. The lowest BCUT2D eigenvalue weighted by Gasteiger charge is -2.23. The molecule has 0 unspecified atom stereocenters. The number of hydrogen-bond acceptors (Lipinski definition) is 3. The number of hydrogen-bond donors (Lipinski definition) is 3. The second-order valence-corrected chi connectivity index (χ2v) is 9.22. The molecule has 1 saturated carbocycles. The van der Waals surface area contributed by atoms with Gasteiger partial charge >= 0.3 is 6.18 Å². The van der Waals surface area contributed by atoms with Gasteiger partial charge in [-0.05, 0) is 67.5 Å². The number of alkyl halides is 3. The van der Waals surface area contributed by atoms with Crippen LogP contribution in [0.4, 0.5) is 23.2 Å². The first kappa shape index (κ1) is 27.4. The number of rotatable bonds is 10. The van der Waals surface area contributed by atoms with Gasteiger partial charge in [0, 0.05) is 34.9 Å². The van der Waals surface area contributed by atoms with Crippen molar-refractivity contribution in [3.8, 4) is 0 Å². The third kappa shape index (κ3) is 7.64. The molecule has 1 aliphatic carbocycles. The summed E-state index contributed by atoms with van der Waals surface area (Å²) in [4.78, 5) is 0. The molecule has 7 heteroatoms. The molecule has 0 spiro atoms. The average molecular weight is 502 g/mol. The zero-order valence-electron chi connectivity index (χ0n) is 20.7. The van der Waals surface area contributed by atoms with E-state index in [4.69, 9.17) is 5.73 Å². The zero-order valence-corrected chi connectivity index (χ0v) is 20.7. The van der Waals surface area contributed by atoms with E-state index in [2.05, 4.69) is 17.2 Å². The van der Waals surface area contributed by atoms with E-state index in [0.717, 1.165) is 38.2 Å². The Bertz CT molecular complexity index is 1100. The Kier molecular flexibility index (Phi) is 9.62. The van der Waals surface area contributed by atoms with E-state index in [9.17, 15) is 17.6 Å². The molecule has 0 aromatic heterocycles. The molecule has 0 radical (unpaired) electrons. The van der Waals surface area contributed by atoms with E-state index >= 15 is 0 Å². The average Bonchev–Trinajstić information content (AvgIpc) is 2.86. The van der Waals surface area contributed by atoms with Crippen molar-refractivity contribution >= 4 is 11.4 Å². The SMILES string of the molecule is C=C(NC(/C=C(\N)C1CCCCC1)=C/Cc1ccccc1C(F)(F)F)c1ccc(F)cc1NCCC. The Morgan fingerprint density at radius 3 is 2.53 bits per heavy atom. The van der Waals surface area contributed by atoms with Crippen LogP contribution in [-0.4, -0.2) is 6.54 Å². The van der Waals surface area contributed by atoms with E-state index in [-0.39, 0.29) is 23.7 Å². The van der Waals surface area contributed by atoms with Gasteiger partial charge in [0.15, 0.2) is 0 Å². The minimum atomic E-state index is -4.44. The third-order valence-electron chi connectivity index (χ3n) is 6.43. The van der Waals surface area contributed by atoms with Crippen LogP contribution >= 0.6 is 0 Å². The summed E-state index contributed by atoms with van der Waals surface area (Å²) in [6.45, 7) is 6.80. The first-order valence-electron chi connectivity index (χ1n) is 12.5. The number of allylic oxidation sites excluding steroid dienone is 3. The van der Waals surface area contributed by atoms with E-state index < -0.39 is 11.7 Å². The first-order valence-corrected chi connectivity index (χ1v) is 12.5. The summed E-state index contributed by atoms with van der Waals surface area (Å²) in [7, 11) is 0. The van der Waals surface area contributed by atoms with Crippen LogP contribution in [0.3, 0.4) is 0 Å². The number of nitrogens with two attached hydrogens (primary N) is 1. The molecule has 3 rings (SSSR count). The van der Waals surface area contributed by atoms with Gasteiger partial charge in [0.25, 0.3) is 0 Å². The fourth-order valence-electron chi connectivity index (χ4n) is 4.50. The van der Waals surface area contributed by atoms with Crippen molar-refractivity contribution in [3.63, 3.8) is 0 Å². The maximum absolute atomic E-state index is 13.9. The van der Waals surface area contributed by atoms with Gasteiger partial charge in [0.05, 0.1) is 5.56 Å². The summed E-state index contributed by atoms with van der Waals surface area (Å²) in [6, 6.07) is 9.95. The Hall–Kier alpha value is -3.22. The van der Waals surface area contributed by atoms with Crippen LogP contribution in [-0.2, 0) is 12.6 Å². The summed E-state index contributed by atoms with van der Waals surface area (Å²) in [5.74, 6) is -0.126. The summed E-state index contributed by atoms with van der Waals surface area (Å²) in [5.41, 5.74) is 9.00. The van der Waals surface area contributed by atoms with E-state index in [1.54, 1.807) is 24.3 Å². The Morgan fingerprint density at radius 1 is 1.11 bits per heavy atom. The third-order valence-corrected chi connectivity index (χ3v) is 6.43. The standard InChI is InChI=1S/C29H35F4N3/c1-3-17-35-28-18-23(30)14-16-25(28)20(2)36-24(19-27(34)22-10-5-4-6-11-22)15-13-21-9-7-8-12-26(21)29(31,32)33/h7-9,12,14-16,18-19,22,35-36H,2-6,10-11,13,17,34H2,1H3/b24-15+,27-19-. The van der Waals surface area contributed by atoms with Crippen LogP contribution in [0.2, 0.25) is 0 Å². The van der Waals surface area contributed by atoms with Crippen molar-refractivity contribution in [2.24, 2.45) is 11.7 Å². The molecular weight excluding hydrogens is 466 g/mol. The highest BCUT2D eigenvalue weighted by molar-refractivity contribution is 5.75. The van der Waals surface area contributed by atoms with Gasteiger partial charge in [0.1, 0.15) is 5.82 Å². The van der Waals surface area contributed by atoms with Gasteiger partial charge in [0.2, 0.25) is 0 Å². The second kappa shape index (κ2) is 12.7. The van der Waals surface area contributed by atoms with Crippen molar-refractivity contribution in [2.45, 2.75) is 58.0 Å². The topological polar surface area (TPSA) is 50.1 Å². The zero-order chi connectivity index (χ0) is 26.1. The predicted octanol–water partition coefficient (Wildman–Crippen LogP) is 7.78. The summed E-state index contributed by atoms with van der Waals surface area (Å²) in [6.07, 6.45) is 5.39. The fraction of sp³-hybridized carbons (Fsp3) is 0.379. The van der Waals surface area contributed by atoms with Crippen LogP contribution in [0.1, 0.15) is 62.1 Å². The number of benzene rings is 2. The van der Waals surface area contributed by atoms with Gasteiger partial charge < -0.3 is 16.4 Å². The van der Waals surface area contributed by atoms with Gasteiger partial charge in [-0.1, -0.05) is 57.0 Å². The maximum atomic E-state index is 13.9.